The zero-order valence-electron chi connectivity index (χ0n) is 12.0. The van der Waals surface area contributed by atoms with Crippen LogP contribution in [-0.4, -0.2) is 28.1 Å². The van der Waals surface area contributed by atoms with E-state index in [1.807, 2.05) is 25.3 Å². The molecular formula is C15H20N2O2S. The van der Waals surface area contributed by atoms with Crippen LogP contribution in [0.2, 0.25) is 0 Å². The molecule has 20 heavy (non-hydrogen) atoms. The Morgan fingerprint density at radius 3 is 2.75 bits per heavy atom. The molecule has 2 aromatic heterocycles. The SMILES string of the molecule is Cc1ccc(-c2c[nH]cc2C(=O)NCCC(C)(C)O)s1. The molecule has 0 aliphatic heterocycles. The van der Waals surface area contributed by atoms with Gasteiger partial charge in [0.15, 0.2) is 0 Å². The van der Waals surface area contributed by atoms with Gasteiger partial charge in [-0.05, 0) is 39.3 Å². The van der Waals surface area contributed by atoms with Crippen molar-refractivity contribution in [2.75, 3.05) is 6.54 Å². The molecule has 4 nitrogen and oxygen atoms in total. The van der Waals surface area contributed by atoms with Gasteiger partial charge >= 0.3 is 0 Å². The molecule has 2 aromatic rings. The fourth-order valence-corrected chi connectivity index (χ4v) is 2.81. The molecule has 0 aliphatic rings. The van der Waals surface area contributed by atoms with Crippen LogP contribution in [0.15, 0.2) is 24.5 Å². The molecule has 0 aliphatic carbocycles. The first-order valence-electron chi connectivity index (χ1n) is 6.61. The summed E-state index contributed by atoms with van der Waals surface area (Å²) in [4.78, 5) is 17.5. The van der Waals surface area contributed by atoms with Crippen molar-refractivity contribution in [1.82, 2.24) is 10.3 Å². The Hall–Kier alpha value is -1.59. The van der Waals surface area contributed by atoms with Crippen LogP contribution in [0.25, 0.3) is 10.4 Å². The number of carbonyl (C=O) groups excluding carboxylic acids is 1. The Morgan fingerprint density at radius 2 is 2.15 bits per heavy atom. The highest BCUT2D eigenvalue weighted by molar-refractivity contribution is 7.15. The number of hydrogen-bond donors (Lipinski definition) is 3. The lowest BCUT2D eigenvalue weighted by Gasteiger charge is -2.16. The van der Waals surface area contributed by atoms with E-state index in [1.54, 1.807) is 31.4 Å². The highest BCUT2D eigenvalue weighted by atomic mass is 32.1. The molecule has 0 atom stereocenters. The predicted octanol–water partition coefficient (Wildman–Crippen LogP) is 2.94. The van der Waals surface area contributed by atoms with E-state index >= 15 is 0 Å². The number of carbonyl (C=O) groups is 1. The number of nitrogens with one attached hydrogen (secondary N) is 2. The van der Waals surface area contributed by atoms with Crippen molar-refractivity contribution in [2.24, 2.45) is 0 Å². The van der Waals surface area contributed by atoms with Gasteiger partial charge in [-0.3, -0.25) is 4.79 Å². The first kappa shape index (κ1) is 14.8. The van der Waals surface area contributed by atoms with E-state index < -0.39 is 5.60 Å². The lowest BCUT2D eigenvalue weighted by Crippen LogP contribution is -2.30. The van der Waals surface area contributed by atoms with Gasteiger partial charge < -0.3 is 15.4 Å². The molecule has 0 fully saturated rings. The smallest absolute Gasteiger partial charge is 0.253 e. The highest BCUT2D eigenvalue weighted by Crippen LogP contribution is 2.30. The van der Waals surface area contributed by atoms with Crippen molar-refractivity contribution in [1.29, 1.82) is 0 Å². The average Bonchev–Trinajstić information content (AvgIpc) is 2.94. The van der Waals surface area contributed by atoms with Crippen molar-refractivity contribution >= 4 is 17.2 Å². The highest BCUT2D eigenvalue weighted by Gasteiger charge is 2.17. The fourth-order valence-electron chi connectivity index (χ4n) is 1.91. The quantitative estimate of drug-likeness (QED) is 0.793. The van der Waals surface area contributed by atoms with Crippen LogP contribution in [-0.2, 0) is 0 Å². The zero-order chi connectivity index (χ0) is 14.8. The number of H-pyrrole nitrogens is 1. The van der Waals surface area contributed by atoms with E-state index in [1.165, 1.54) is 4.88 Å². The van der Waals surface area contributed by atoms with Crippen molar-refractivity contribution < 1.29 is 9.90 Å². The van der Waals surface area contributed by atoms with Gasteiger partial charge in [0.2, 0.25) is 0 Å². The van der Waals surface area contributed by atoms with Gasteiger partial charge in [0.05, 0.1) is 11.2 Å². The Labute approximate surface area is 122 Å². The standard InChI is InChI=1S/C15H20N2O2S/c1-10-4-5-13(20-10)11-8-16-9-12(11)14(18)17-7-6-15(2,3)19/h4-5,8-9,16,19H,6-7H2,1-3H3,(H,17,18). The van der Waals surface area contributed by atoms with Crippen molar-refractivity contribution in [2.45, 2.75) is 32.8 Å². The van der Waals surface area contributed by atoms with Gasteiger partial charge in [-0.1, -0.05) is 0 Å². The minimum atomic E-state index is -0.765. The average molecular weight is 292 g/mol. The van der Waals surface area contributed by atoms with Crippen LogP contribution in [0.4, 0.5) is 0 Å². The van der Waals surface area contributed by atoms with Crippen molar-refractivity contribution in [3.05, 3.63) is 35.0 Å². The summed E-state index contributed by atoms with van der Waals surface area (Å²) in [5.41, 5.74) is 0.797. The summed E-state index contributed by atoms with van der Waals surface area (Å²) in [6, 6.07) is 4.07. The van der Waals surface area contributed by atoms with Gasteiger partial charge in [-0.15, -0.1) is 11.3 Å². The van der Waals surface area contributed by atoms with E-state index in [9.17, 15) is 9.90 Å². The van der Waals surface area contributed by atoms with E-state index in [2.05, 4.69) is 10.3 Å². The molecule has 0 spiro atoms. The van der Waals surface area contributed by atoms with Gasteiger partial charge in [0.1, 0.15) is 0 Å². The maximum Gasteiger partial charge on any atom is 0.253 e. The number of rotatable bonds is 5. The second-order valence-corrected chi connectivity index (χ2v) is 6.80. The summed E-state index contributed by atoms with van der Waals surface area (Å²) < 4.78 is 0. The number of thiophene rings is 1. The Morgan fingerprint density at radius 1 is 1.40 bits per heavy atom. The molecule has 0 saturated heterocycles. The van der Waals surface area contributed by atoms with Crippen LogP contribution in [0, 0.1) is 6.92 Å². The number of aromatic amines is 1. The van der Waals surface area contributed by atoms with Gasteiger partial charge in [0.25, 0.3) is 5.91 Å². The van der Waals surface area contributed by atoms with Crippen LogP contribution in [0.1, 0.15) is 35.5 Å². The molecule has 2 heterocycles. The minimum absolute atomic E-state index is 0.114. The number of aromatic nitrogens is 1. The van der Waals surface area contributed by atoms with Crippen LogP contribution in [0.5, 0.6) is 0 Å². The lowest BCUT2D eigenvalue weighted by atomic mass is 10.1. The molecule has 0 bridgehead atoms. The molecule has 0 saturated carbocycles. The predicted molar refractivity (Wildman–Crippen MR) is 82.1 cm³/mol. The Balaban J connectivity index is 2.06. The summed E-state index contributed by atoms with van der Waals surface area (Å²) in [5, 5.41) is 12.5. The molecule has 1 amide bonds. The Kier molecular flexibility index (Phi) is 4.30. The summed E-state index contributed by atoms with van der Waals surface area (Å²) in [6.45, 7) is 5.96. The topological polar surface area (TPSA) is 65.1 Å². The number of aryl methyl sites for hydroxylation is 1. The minimum Gasteiger partial charge on any atom is -0.390 e. The van der Waals surface area contributed by atoms with E-state index in [0.717, 1.165) is 10.4 Å². The van der Waals surface area contributed by atoms with E-state index in [0.29, 0.717) is 18.5 Å². The third kappa shape index (κ3) is 3.71. The second-order valence-electron chi connectivity index (χ2n) is 5.51. The third-order valence-corrected chi connectivity index (χ3v) is 4.05. The molecule has 0 aromatic carbocycles. The second kappa shape index (κ2) is 5.81. The van der Waals surface area contributed by atoms with Gasteiger partial charge in [0, 0.05) is 34.3 Å². The summed E-state index contributed by atoms with van der Waals surface area (Å²) in [5.74, 6) is -0.114. The van der Waals surface area contributed by atoms with Gasteiger partial charge in [-0.2, -0.15) is 0 Å². The lowest BCUT2D eigenvalue weighted by molar-refractivity contribution is 0.0693. The summed E-state index contributed by atoms with van der Waals surface area (Å²) in [6.07, 6.45) is 4.08. The fraction of sp³-hybridized carbons (Fsp3) is 0.400. The monoisotopic (exact) mass is 292 g/mol. The largest absolute Gasteiger partial charge is 0.390 e. The zero-order valence-corrected chi connectivity index (χ0v) is 12.8. The number of aliphatic hydroxyl groups is 1. The first-order chi connectivity index (χ1) is 9.37. The third-order valence-electron chi connectivity index (χ3n) is 3.02. The van der Waals surface area contributed by atoms with Gasteiger partial charge in [-0.25, -0.2) is 0 Å². The molecule has 0 unspecified atom stereocenters. The Bertz CT molecular complexity index is 593. The summed E-state index contributed by atoms with van der Waals surface area (Å²) in [7, 11) is 0. The van der Waals surface area contributed by atoms with E-state index in [4.69, 9.17) is 0 Å². The number of amides is 1. The molecule has 108 valence electrons. The maximum atomic E-state index is 12.2. The molecule has 3 N–H and O–H groups in total. The normalized spacial score (nSPS) is 11.6. The van der Waals surface area contributed by atoms with Crippen molar-refractivity contribution in [3.8, 4) is 10.4 Å². The van der Waals surface area contributed by atoms with Crippen LogP contribution >= 0.6 is 11.3 Å². The number of hydrogen-bond acceptors (Lipinski definition) is 3. The van der Waals surface area contributed by atoms with Crippen LogP contribution in [0.3, 0.4) is 0 Å². The first-order valence-corrected chi connectivity index (χ1v) is 7.42. The maximum absolute atomic E-state index is 12.2. The van der Waals surface area contributed by atoms with Crippen molar-refractivity contribution in [3.63, 3.8) is 0 Å². The molecule has 5 heteroatoms. The van der Waals surface area contributed by atoms with Crippen LogP contribution < -0.4 is 5.32 Å². The summed E-state index contributed by atoms with van der Waals surface area (Å²) >= 11 is 1.67. The molecular weight excluding hydrogens is 272 g/mol. The van der Waals surface area contributed by atoms with E-state index in [-0.39, 0.29) is 5.91 Å². The molecule has 0 radical (unpaired) electrons. The molecule has 2 rings (SSSR count).